The van der Waals surface area contributed by atoms with Crippen molar-refractivity contribution in [3.63, 3.8) is 0 Å². The van der Waals surface area contributed by atoms with E-state index in [1.807, 2.05) is 11.3 Å². The fourth-order valence-electron chi connectivity index (χ4n) is 7.97. The summed E-state index contributed by atoms with van der Waals surface area (Å²) in [4.78, 5) is 2.43. The Kier molecular flexibility index (Phi) is 6.78. The van der Waals surface area contributed by atoms with Crippen LogP contribution in [0.4, 0.5) is 17.1 Å². The minimum Gasteiger partial charge on any atom is -0.0602 e. The van der Waals surface area contributed by atoms with E-state index in [0.29, 0.717) is 0 Å². The van der Waals surface area contributed by atoms with E-state index in [1.165, 1.54) is 89.5 Å². The molecule has 0 radical (unpaired) electrons. The van der Waals surface area contributed by atoms with E-state index in [-0.39, 0.29) is 14.5 Å². The molecule has 2 nitrogen and oxygen atoms in total. The first-order chi connectivity index (χ1) is 25.8. The standard InChI is InChI=1S/C48H30N2SSe/c1-2-10-33(11-3-1)50-43-15-7-4-12-37(43)42-28-32(20-27-44(42)50)31-18-21-34(22-19-31)49(35-23-25-39-38-13-5-8-16-45(38)51-46(39)29-35)36-24-26-41-40-14-6-9-17-47(40)52-48(41)30-36/h1-30H. The van der Waals surface area contributed by atoms with Crippen LogP contribution < -0.4 is 4.90 Å². The van der Waals surface area contributed by atoms with Crippen LogP contribution in [0.1, 0.15) is 0 Å². The molecule has 0 atom stereocenters. The minimum absolute atomic E-state index is 0.287. The molecule has 3 heterocycles. The van der Waals surface area contributed by atoms with Crippen molar-refractivity contribution < 1.29 is 0 Å². The minimum atomic E-state index is 0.287. The molecule has 3 aromatic heterocycles. The molecule has 11 rings (SSSR count). The number of nitrogens with zero attached hydrogens (tertiary/aromatic N) is 2. The second kappa shape index (κ2) is 11.8. The fraction of sp³-hybridized carbons (Fsp3) is 0. The van der Waals surface area contributed by atoms with Gasteiger partial charge in [-0.25, -0.2) is 0 Å². The predicted octanol–water partition coefficient (Wildman–Crippen LogP) is 13.7. The topological polar surface area (TPSA) is 8.17 Å². The molecule has 0 saturated carbocycles. The van der Waals surface area contributed by atoms with Crippen LogP contribution in [0, 0.1) is 0 Å². The number of rotatable bonds is 5. The molecule has 0 saturated heterocycles. The third kappa shape index (κ3) is 4.69. The SMILES string of the molecule is c1ccc(-n2c3ccccc3c3cc(-c4ccc(N(c5ccc6c(c5)sc5ccccc56)c5ccc6c(c5)[se]c5ccccc56)cc4)ccc32)cc1. The summed E-state index contributed by atoms with van der Waals surface area (Å²) < 4.78 is 7.92. The second-order valence-corrected chi connectivity index (χ2v) is 16.7. The van der Waals surface area contributed by atoms with Crippen LogP contribution in [0.15, 0.2) is 182 Å². The van der Waals surface area contributed by atoms with Crippen LogP contribution in [0.25, 0.3) is 78.1 Å². The Labute approximate surface area is 310 Å². The van der Waals surface area contributed by atoms with E-state index in [1.54, 1.807) is 0 Å². The molecule has 0 amide bonds. The van der Waals surface area contributed by atoms with Gasteiger partial charge in [0, 0.05) is 5.69 Å². The zero-order valence-corrected chi connectivity index (χ0v) is 30.6. The molecule has 0 aliphatic carbocycles. The van der Waals surface area contributed by atoms with Crippen molar-refractivity contribution in [3.05, 3.63) is 182 Å². The van der Waals surface area contributed by atoms with E-state index in [4.69, 9.17) is 0 Å². The van der Waals surface area contributed by atoms with E-state index < -0.39 is 0 Å². The number of benzene rings is 8. The molecule has 0 aliphatic heterocycles. The van der Waals surface area contributed by atoms with Gasteiger partial charge in [0.25, 0.3) is 0 Å². The van der Waals surface area contributed by atoms with Crippen molar-refractivity contribution in [2.45, 2.75) is 0 Å². The molecular formula is C48H30N2SSe. The molecule has 4 heteroatoms. The third-order valence-electron chi connectivity index (χ3n) is 10.4. The molecular weight excluding hydrogens is 716 g/mol. The molecule has 0 N–H and O–H groups in total. The molecule has 52 heavy (non-hydrogen) atoms. The Morgan fingerprint density at radius 3 is 1.87 bits per heavy atom. The summed E-state index contributed by atoms with van der Waals surface area (Å²) in [5, 5.41) is 7.93. The van der Waals surface area contributed by atoms with Gasteiger partial charge in [-0.05, 0) is 18.2 Å². The maximum atomic E-state index is 2.43. The van der Waals surface area contributed by atoms with Gasteiger partial charge in [0.1, 0.15) is 0 Å². The van der Waals surface area contributed by atoms with Gasteiger partial charge in [0.05, 0.1) is 5.52 Å². The molecule has 0 fully saturated rings. The number of thiophene rings is 1. The summed E-state index contributed by atoms with van der Waals surface area (Å²) in [7, 11) is 0. The van der Waals surface area contributed by atoms with E-state index in [9.17, 15) is 0 Å². The van der Waals surface area contributed by atoms with Gasteiger partial charge in [-0.15, -0.1) is 0 Å². The molecule has 244 valence electrons. The van der Waals surface area contributed by atoms with Crippen molar-refractivity contribution in [3.8, 4) is 16.8 Å². The van der Waals surface area contributed by atoms with Crippen molar-refractivity contribution in [2.75, 3.05) is 4.90 Å². The van der Waals surface area contributed by atoms with Crippen molar-refractivity contribution >= 4 is 104 Å². The Balaban J connectivity index is 1.04. The molecule has 0 spiro atoms. The van der Waals surface area contributed by atoms with Gasteiger partial charge >= 0.3 is 242 Å². The van der Waals surface area contributed by atoms with E-state index >= 15 is 0 Å². The summed E-state index contributed by atoms with van der Waals surface area (Å²) in [5.74, 6) is 0. The molecule has 11 aromatic rings. The van der Waals surface area contributed by atoms with Crippen molar-refractivity contribution in [2.24, 2.45) is 0 Å². The van der Waals surface area contributed by atoms with Gasteiger partial charge in [-0.1, -0.05) is 36.4 Å². The Morgan fingerprint density at radius 1 is 0.385 bits per heavy atom. The third-order valence-corrected chi connectivity index (χ3v) is 13.9. The summed E-state index contributed by atoms with van der Waals surface area (Å²) in [6.45, 7) is 0. The Bertz CT molecular complexity index is 3020. The molecule has 0 aliphatic rings. The normalized spacial score (nSPS) is 11.8. The predicted molar refractivity (Wildman–Crippen MR) is 226 cm³/mol. The van der Waals surface area contributed by atoms with Crippen LogP contribution in [-0.4, -0.2) is 19.1 Å². The molecule has 8 aromatic carbocycles. The van der Waals surface area contributed by atoms with Crippen LogP contribution in [0.3, 0.4) is 0 Å². The smallest absolute Gasteiger partial charge is 0.0602 e. The zero-order chi connectivity index (χ0) is 34.2. The average molecular weight is 746 g/mol. The van der Waals surface area contributed by atoms with Gasteiger partial charge in [0.15, 0.2) is 0 Å². The Hall–Kier alpha value is -5.90. The van der Waals surface area contributed by atoms with Crippen molar-refractivity contribution in [1.29, 1.82) is 0 Å². The van der Waals surface area contributed by atoms with Crippen LogP contribution >= 0.6 is 11.3 Å². The van der Waals surface area contributed by atoms with E-state index in [0.717, 1.165) is 5.69 Å². The summed E-state index contributed by atoms with van der Waals surface area (Å²) in [6, 6.07) is 67.1. The van der Waals surface area contributed by atoms with Gasteiger partial charge in [0.2, 0.25) is 0 Å². The summed E-state index contributed by atoms with van der Waals surface area (Å²) >= 11 is 2.16. The van der Waals surface area contributed by atoms with Gasteiger partial charge in [-0.3, -0.25) is 0 Å². The van der Waals surface area contributed by atoms with Gasteiger partial charge in [-0.2, -0.15) is 0 Å². The number of hydrogen-bond donors (Lipinski definition) is 0. The quantitative estimate of drug-likeness (QED) is 0.159. The number of anilines is 3. The van der Waals surface area contributed by atoms with Crippen molar-refractivity contribution in [1.82, 2.24) is 4.57 Å². The second-order valence-electron chi connectivity index (χ2n) is 13.4. The number of hydrogen-bond acceptors (Lipinski definition) is 2. The van der Waals surface area contributed by atoms with Crippen LogP contribution in [0.2, 0.25) is 0 Å². The number of para-hydroxylation sites is 2. The van der Waals surface area contributed by atoms with E-state index in [2.05, 4.69) is 191 Å². The first-order valence-electron chi connectivity index (χ1n) is 17.6. The van der Waals surface area contributed by atoms with Gasteiger partial charge < -0.3 is 4.57 Å². The summed E-state index contributed by atoms with van der Waals surface area (Å²) in [5.41, 5.74) is 9.55. The number of aromatic nitrogens is 1. The number of fused-ring (bicyclic) bond motifs is 9. The first-order valence-corrected chi connectivity index (χ1v) is 20.1. The molecule has 0 unspecified atom stereocenters. The fourth-order valence-corrected chi connectivity index (χ4v) is 11.5. The monoisotopic (exact) mass is 746 g/mol. The first kappa shape index (κ1) is 29.8. The zero-order valence-electron chi connectivity index (χ0n) is 28.0. The maximum absolute atomic E-state index is 2.43. The average Bonchev–Trinajstić information content (AvgIpc) is 3.87. The Morgan fingerprint density at radius 2 is 1.00 bits per heavy atom. The molecule has 0 bridgehead atoms. The van der Waals surface area contributed by atoms with Crippen LogP contribution in [-0.2, 0) is 0 Å². The van der Waals surface area contributed by atoms with Crippen LogP contribution in [0.5, 0.6) is 0 Å². The summed E-state index contributed by atoms with van der Waals surface area (Å²) in [6.07, 6.45) is 0.